The van der Waals surface area contributed by atoms with Crippen LogP contribution in [-0.2, 0) is 0 Å². The average molecular weight is 528 g/mol. The van der Waals surface area contributed by atoms with E-state index in [-0.39, 0.29) is 11.1 Å². The first-order valence-electron chi connectivity index (χ1n) is 13.4. The lowest BCUT2D eigenvalue weighted by Gasteiger charge is -2.15. The SMILES string of the molecule is O=c1c2ccccc2c2cc(-c3nc(-c4ccccc4)cc(-c4ccccc4)n3)cc3c4ccccc4c(=O)n1c23. The zero-order valence-corrected chi connectivity index (χ0v) is 21.8. The van der Waals surface area contributed by atoms with Crippen LogP contribution >= 0.6 is 0 Å². The molecule has 8 aromatic rings. The van der Waals surface area contributed by atoms with Gasteiger partial charge in [0.25, 0.3) is 11.1 Å². The molecule has 0 amide bonds. The predicted molar refractivity (Wildman–Crippen MR) is 166 cm³/mol. The standard InChI is InChI=1S/C36H21N3O2/c40-35-27-17-9-7-15-25(27)29-19-24(20-30-26-16-8-10-18-28(26)36(41)39(35)33(29)30)34-37-31(22-11-3-1-4-12-22)21-32(38-34)23-13-5-2-6-14-23/h1-21H. The predicted octanol–water partition coefficient (Wildman–Crippen LogP) is 7.35. The fourth-order valence-corrected chi connectivity index (χ4v) is 5.85. The van der Waals surface area contributed by atoms with Crippen molar-refractivity contribution in [3.8, 4) is 33.9 Å². The summed E-state index contributed by atoms with van der Waals surface area (Å²) in [5.41, 5.74) is 4.41. The Hall–Kier alpha value is -5.68. The maximum Gasteiger partial charge on any atom is 0.266 e. The number of hydrogen-bond donors (Lipinski definition) is 0. The quantitative estimate of drug-likeness (QED) is 0.178. The van der Waals surface area contributed by atoms with Crippen molar-refractivity contribution in [1.82, 2.24) is 14.4 Å². The first kappa shape index (κ1) is 23.2. The van der Waals surface area contributed by atoms with Crippen molar-refractivity contribution in [3.63, 3.8) is 0 Å². The second kappa shape index (κ2) is 8.93. The maximum absolute atomic E-state index is 13.7. The minimum atomic E-state index is -0.310. The van der Waals surface area contributed by atoms with E-state index in [9.17, 15) is 9.59 Å². The monoisotopic (exact) mass is 527 g/mol. The average Bonchev–Trinajstić information content (AvgIpc) is 3.05. The van der Waals surface area contributed by atoms with E-state index >= 15 is 0 Å². The number of benzene rings is 5. The summed E-state index contributed by atoms with van der Waals surface area (Å²) in [5, 5.41) is 4.21. The van der Waals surface area contributed by atoms with Gasteiger partial charge in [0.1, 0.15) is 0 Å². The molecule has 0 fully saturated rings. The molecule has 0 spiro atoms. The highest BCUT2D eigenvalue weighted by atomic mass is 16.2. The molecule has 0 N–H and O–H groups in total. The number of fused-ring (bicyclic) bond motifs is 4. The van der Waals surface area contributed by atoms with Gasteiger partial charge >= 0.3 is 0 Å². The highest BCUT2D eigenvalue weighted by molar-refractivity contribution is 6.19. The Labute approximate surface area is 234 Å². The molecule has 0 radical (unpaired) electrons. The minimum absolute atomic E-state index is 0.310. The van der Waals surface area contributed by atoms with Gasteiger partial charge in [-0.2, -0.15) is 0 Å². The molecule has 0 aliphatic carbocycles. The molecule has 3 aromatic heterocycles. The smallest absolute Gasteiger partial charge is 0.266 e. The molecular formula is C36H21N3O2. The molecule has 0 bridgehead atoms. The van der Waals surface area contributed by atoms with Crippen molar-refractivity contribution in [2.45, 2.75) is 0 Å². The van der Waals surface area contributed by atoms with Crippen LogP contribution in [0.15, 0.2) is 137 Å². The van der Waals surface area contributed by atoms with Crippen molar-refractivity contribution < 1.29 is 0 Å². The van der Waals surface area contributed by atoms with E-state index in [1.54, 1.807) is 12.1 Å². The summed E-state index contributed by atoms with van der Waals surface area (Å²) in [4.78, 5) is 37.4. The van der Waals surface area contributed by atoms with Crippen LogP contribution < -0.4 is 11.1 Å². The molecule has 192 valence electrons. The molecule has 5 nitrogen and oxygen atoms in total. The second-order valence-electron chi connectivity index (χ2n) is 10.2. The van der Waals surface area contributed by atoms with E-state index in [2.05, 4.69) is 0 Å². The fraction of sp³-hybridized carbons (Fsp3) is 0. The Balaban J connectivity index is 1.53. The first-order valence-corrected chi connectivity index (χ1v) is 13.4. The van der Waals surface area contributed by atoms with Gasteiger partial charge in [-0.25, -0.2) is 14.4 Å². The van der Waals surface area contributed by atoms with Crippen LogP contribution in [0, 0.1) is 0 Å². The van der Waals surface area contributed by atoms with Crippen LogP contribution in [0.5, 0.6) is 0 Å². The van der Waals surface area contributed by atoms with Crippen molar-refractivity contribution in [2.24, 2.45) is 0 Å². The van der Waals surface area contributed by atoms with Crippen LogP contribution in [0.25, 0.3) is 71.7 Å². The molecule has 0 atom stereocenters. The van der Waals surface area contributed by atoms with E-state index in [1.807, 2.05) is 115 Å². The molecule has 41 heavy (non-hydrogen) atoms. The first-order chi connectivity index (χ1) is 20.2. The van der Waals surface area contributed by atoms with Crippen molar-refractivity contribution >= 4 is 37.8 Å². The second-order valence-corrected chi connectivity index (χ2v) is 10.2. The van der Waals surface area contributed by atoms with Gasteiger partial charge in [0.15, 0.2) is 5.82 Å². The topological polar surface area (TPSA) is 64.3 Å². The Kier molecular flexibility index (Phi) is 5.06. The van der Waals surface area contributed by atoms with E-state index in [0.29, 0.717) is 22.1 Å². The third kappa shape index (κ3) is 3.56. The van der Waals surface area contributed by atoms with Gasteiger partial charge in [0.2, 0.25) is 0 Å². The highest BCUT2D eigenvalue weighted by Gasteiger charge is 2.19. The maximum atomic E-state index is 13.7. The minimum Gasteiger partial charge on any atom is -0.268 e. The molecule has 0 aliphatic heterocycles. The van der Waals surface area contributed by atoms with Crippen molar-refractivity contribution in [2.75, 3.05) is 0 Å². The van der Waals surface area contributed by atoms with Crippen LogP contribution in [0.2, 0.25) is 0 Å². The molecule has 5 heteroatoms. The number of nitrogens with zero attached hydrogens (tertiary/aromatic N) is 3. The van der Waals surface area contributed by atoms with Crippen LogP contribution in [-0.4, -0.2) is 14.4 Å². The number of hydrogen-bond acceptors (Lipinski definition) is 4. The lowest BCUT2D eigenvalue weighted by Crippen LogP contribution is -2.27. The van der Waals surface area contributed by atoms with Gasteiger partial charge in [0.05, 0.1) is 16.9 Å². The van der Waals surface area contributed by atoms with Crippen molar-refractivity contribution in [1.29, 1.82) is 0 Å². The number of aromatic nitrogens is 3. The van der Waals surface area contributed by atoms with E-state index in [0.717, 1.165) is 49.6 Å². The Morgan fingerprint density at radius 1 is 0.415 bits per heavy atom. The van der Waals surface area contributed by atoms with E-state index < -0.39 is 0 Å². The summed E-state index contributed by atoms with van der Waals surface area (Å²) < 4.78 is 1.33. The zero-order valence-electron chi connectivity index (χ0n) is 21.8. The summed E-state index contributed by atoms with van der Waals surface area (Å²) >= 11 is 0. The third-order valence-electron chi connectivity index (χ3n) is 7.76. The summed E-state index contributed by atoms with van der Waals surface area (Å²) in [7, 11) is 0. The lowest BCUT2D eigenvalue weighted by molar-refractivity contribution is 1.09. The summed E-state index contributed by atoms with van der Waals surface area (Å²) in [5.74, 6) is 0.569. The van der Waals surface area contributed by atoms with Gasteiger partial charge in [0, 0.05) is 38.2 Å². The normalized spacial score (nSPS) is 11.6. The third-order valence-corrected chi connectivity index (χ3v) is 7.76. The van der Waals surface area contributed by atoms with Gasteiger partial charge in [-0.05, 0) is 41.1 Å². The van der Waals surface area contributed by atoms with Crippen LogP contribution in [0.4, 0.5) is 0 Å². The molecular weight excluding hydrogens is 506 g/mol. The van der Waals surface area contributed by atoms with E-state index in [4.69, 9.17) is 9.97 Å². The molecule has 0 unspecified atom stereocenters. The van der Waals surface area contributed by atoms with Crippen LogP contribution in [0.1, 0.15) is 0 Å². The molecule has 0 saturated carbocycles. The number of rotatable bonds is 3. The summed E-state index contributed by atoms with van der Waals surface area (Å²) in [6.45, 7) is 0. The number of pyridine rings is 2. The van der Waals surface area contributed by atoms with Gasteiger partial charge in [-0.15, -0.1) is 0 Å². The molecule has 0 saturated heterocycles. The summed E-state index contributed by atoms with van der Waals surface area (Å²) in [6, 6.07) is 41.1. The molecule has 0 aliphatic rings. The Bertz CT molecular complexity index is 2240. The Morgan fingerprint density at radius 3 is 1.29 bits per heavy atom. The van der Waals surface area contributed by atoms with Gasteiger partial charge < -0.3 is 0 Å². The highest BCUT2D eigenvalue weighted by Crippen LogP contribution is 2.35. The molecule has 5 aromatic carbocycles. The van der Waals surface area contributed by atoms with Crippen molar-refractivity contribution in [3.05, 3.63) is 148 Å². The Morgan fingerprint density at radius 2 is 0.829 bits per heavy atom. The van der Waals surface area contributed by atoms with Gasteiger partial charge in [-0.1, -0.05) is 97.1 Å². The largest absolute Gasteiger partial charge is 0.268 e. The lowest BCUT2D eigenvalue weighted by atomic mass is 9.97. The zero-order chi connectivity index (χ0) is 27.5. The molecule has 8 rings (SSSR count). The van der Waals surface area contributed by atoms with Crippen LogP contribution in [0.3, 0.4) is 0 Å². The van der Waals surface area contributed by atoms with Gasteiger partial charge in [-0.3, -0.25) is 9.59 Å². The summed E-state index contributed by atoms with van der Waals surface area (Å²) in [6.07, 6.45) is 0. The fourth-order valence-electron chi connectivity index (χ4n) is 5.85. The molecule has 3 heterocycles. The van der Waals surface area contributed by atoms with E-state index in [1.165, 1.54) is 4.40 Å².